The van der Waals surface area contributed by atoms with Crippen LogP contribution < -0.4 is 10.6 Å². The molecule has 0 saturated carbocycles. The van der Waals surface area contributed by atoms with E-state index < -0.39 is 11.7 Å². The highest BCUT2D eigenvalue weighted by atomic mass is 16.5. The van der Waals surface area contributed by atoms with Gasteiger partial charge in [-0.3, -0.25) is 4.79 Å². The minimum absolute atomic E-state index is 0.0641. The van der Waals surface area contributed by atoms with Gasteiger partial charge < -0.3 is 20.3 Å². The molecule has 0 unspecified atom stereocenters. The number of fused-ring (bicyclic) bond motifs is 2. The van der Waals surface area contributed by atoms with Crippen molar-refractivity contribution < 1.29 is 9.53 Å². The van der Waals surface area contributed by atoms with Gasteiger partial charge in [0, 0.05) is 44.1 Å². The summed E-state index contributed by atoms with van der Waals surface area (Å²) in [5.41, 5.74) is 8.43. The molecule has 0 radical (unpaired) electrons. The van der Waals surface area contributed by atoms with E-state index in [0.29, 0.717) is 13.1 Å². The normalized spacial score (nSPS) is 20.2. The Morgan fingerprint density at radius 1 is 1.25 bits per heavy atom. The Morgan fingerprint density at radius 2 is 1.96 bits per heavy atom. The highest BCUT2D eigenvalue weighted by Gasteiger charge is 2.49. The molecule has 28 heavy (non-hydrogen) atoms. The second kappa shape index (κ2) is 7.43. The van der Waals surface area contributed by atoms with Gasteiger partial charge in [-0.05, 0) is 43.9 Å². The van der Waals surface area contributed by atoms with Crippen LogP contribution in [-0.2, 0) is 15.1 Å². The van der Waals surface area contributed by atoms with Crippen LogP contribution >= 0.6 is 0 Å². The van der Waals surface area contributed by atoms with E-state index in [9.17, 15) is 4.79 Å². The van der Waals surface area contributed by atoms with Gasteiger partial charge in [0.05, 0.1) is 5.60 Å². The molecule has 0 aliphatic carbocycles. The maximum atomic E-state index is 13.1. The number of carbonyl (C=O) groups excluding carboxylic acids is 1. The number of nitrogens with two attached hydrogens (primary N) is 1. The lowest BCUT2D eigenvalue weighted by molar-refractivity contribution is -0.156. The third-order valence-electron chi connectivity index (χ3n) is 6.04. The number of likely N-dealkylation sites (N-methyl/N-ethyl adjacent to an activating group) is 1. The Bertz CT molecular complexity index is 857. The Hall–Kier alpha value is -2.60. The quantitative estimate of drug-likeness (QED) is 0.882. The molecule has 0 bridgehead atoms. The lowest BCUT2D eigenvalue weighted by atomic mass is 9.83. The standard InChI is InChI=1S/C22H28N4O2/c1-3-25(4-2)21(27)20-17-7-5-6-8-18(17)22(28-20)10-13-26(14-11-22)19-15-16(23)9-12-24-19/h5-9,12,15,20H,3-4,10-11,13-14H2,1-2H3,(H2,23,24)/t20-/m1/s1. The highest BCUT2D eigenvalue weighted by Crippen LogP contribution is 2.50. The molecule has 1 aromatic heterocycles. The molecule has 2 aliphatic heterocycles. The van der Waals surface area contributed by atoms with Crippen LogP contribution in [0.2, 0.25) is 0 Å². The minimum atomic E-state index is -0.506. The number of piperidine rings is 1. The summed E-state index contributed by atoms with van der Waals surface area (Å²) in [6, 6.07) is 11.9. The van der Waals surface area contributed by atoms with Gasteiger partial charge in [-0.2, -0.15) is 0 Å². The van der Waals surface area contributed by atoms with Crippen LogP contribution in [0.4, 0.5) is 11.5 Å². The van der Waals surface area contributed by atoms with Gasteiger partial charge in [0.2, 0.25) is 0 Å². The van der Waals surface area contributed by atoms with Crippen molar-refractivity contribution in [3.8, 4) is 0 Å². The van der Waals surface area contributed by atoms with E-state index in [1.165, 1.54) is 5.56 Å². The number of rotatable bonds is 4. The molecule has 1 spiro atoms. The van der Waals surface area contributed by atoms with Gasteiger partial charge >= 0.3 is 0 Å². The lowest BCUT2D eigenvalue weighted by Gasteiger charge is -2.40. The van der Waals surface area contributed by atoms with Crippen molar-refractivity contribution in [3.05, 3.63) is 53.7 Å². The Labute approximate surface area is 166 Å². The Kier molecular flexibility index (Phi) is 4.98. The molecular weight excluding hydrogens is 352 g/mol. The van der Waals surface area contributed by atoms with Crippen molar-refractivity contribution in [2.45, 2.75) is 38.4 Å². The van der Waals surface area contributed by atoms with Gasteiger partial charge in [0.1, 0.15) is 5.82 Å². The predicted molar refractivity (Wildman–Crippen MR) is 110 cm³/mol. The lowest BCUT2D eigenvalue weighted by Crippen LogP contribution is -2.44. The summed E-state index contributed by atoms with van der Waals surface area (Å²) >= 11 is 0. The van der Waals surface area contributed by atoms with Gasteiger partial charge in [0.25, 0.3) is 5.91 Å². The SMILES string of the molecule is CCN(CC)C(=O)[C@@H]1OC2(CCN(c3cc(N)ccn3)CC2)c2ccccc21. The first kappa shape index (κ1) is 18.7. The Morgan fingerprint density at radius 3 is 2.64 bits per heavy atom. The molecule has 2 aromatic rings. The Balaban J connectivity index is 1.58. The summed E-state index contributed by atoms with van der Waals surface area (Å²) in [7, 11) is 0. The zero-order valence-corrected chi connectivity index (χ0v) is 16.6. The number of pyridine rings is 1. The molecule has 1 fully saturated rings. The van der Waals surface area contributed by atoms with Gasteiger partial charge in [0.15, 0.2) is 6.10 Å². The molecule has 1 aromatic carbocycles. The van der Waals surface area contributed by atoms with E-state index in [1.807, 2.05) is 43.0 Å². The topological polar surface area (TPSA) is 71.7 Å². The molecule has 2 aliphatic rings. The highest BCUT2D eigenvalue weighted by molar-refractivity contribution is 5.83. The first-order valence-electron chi connectivity index (χ1n) is 10.1. The van der Waals surface area contributed by atoms with Crippen LogP contribution in [0.15, 0.2) is 42.6 Å². The van der Waals surface area contributed by atoms with Crippen molar-refractivity contribution in [3.63, 3.8) is 0 Å². The van der Waals surface area contributed by atoms with Crippen LogP contribution in [0.5, 0.6) is 0 Å². The number of hydrogen-bond donors (Lipinski definition) is 1. The van der Waals surface area contributed by atoms with Gasteiger partial charge in [-0.25, -0.2) is 4.98 Å². The van der Waals surface area contributed by atoms with Crippen molar-refractivity contribution >= 4 is 17.4 Å². The van der Waals surface area contributed by atoms with Crippen molar-refractivity contribution in [1.82, 2.24) is 9.88 Å². The van der Waals surface area contributed by atoms with Crippen LogP contribution in [-0.4, -0.2) is 42.0 Å². The summed E-state index contributed by atoms with van der Waals surface area (Å²) < 4.78 is 6.55. The van der Waals surface area contributed by atoms with E-state index in [0.717, 1.165) is 43.0 Å². The minimum Gasteiger partial charge on any atom is -0.399 e. The van der Waals surface area contributed by atoms with Crippen molar-refractivity contribution in [1.29, 1.82) is 0 Å². The molecular formula is C22H28N4O2. The molecule has 1 atom stereocenters. The maximum Gasteiger partial charge on any atom is 0.256 e. The molecule has 3 heterocycles. The van der Waals surface area contributed by atoms with Crippen LogP contribution in [0.3, 0.4) is 0 Å². The molecule has 1 amide bonds. The van der Waals surface area contributed by atoms with Gasteiger partial charge in [-0.15, -0.1) is 0 Å². The third-order valence-corrected chi connectivity index (χ3v) is 6.04. The van der Waals surface area contributed by atoms with Crippen LogP contribution in [0, 0.1) is 0 Å². The van der Waals surface area contributed by atoms with Crippen molar-refractivity contribution in [2.75, 3.05) is 36.8 Å². The largest absolute Gasteiger partial charge is 0.399 e. The average molecular weight is 380 g/mol. The maximum absolute atomic E-state index is 13.1. The molecule has 6 nitrogen and oxygen atoms in total. The smallest absolute Gasteiger partial charge is 0.256 e. The first-order valence-corrected chi connectivity index (χ1v) is 10.1. The number of amides is 1. The van der Waals surface area contributed by atoms with E-state index >= 15 is 0 Å². The number of nitrogens with zero attached hydrogens (tertiary/aromatic N) is 3. The number of aromatic nitrogens is 1. The summed E-state index contributed by atoms with van der Waals surface area (Å²) in [6.45, 7) is 7.04. The fraction of sp³-hybridized carbons (Fsp3) is 0.455. The third kappa shape index (κ3) is 3.11. The van der Waals surface area contributed by atoms with Crippen LogP contribution in [0.1, 0.15) is 43.9 Å². The molecule has 6 heteroatoms. The first-order chi connectivity index (χ1) is 13.6. The summed E-state index contributed by atoms with van der Waals surface area (Å²) in [5.74, 6) is 0.964. The van der Waals surface area contributed by atoms with Crippen LogP contribution in [0.25, 0.3) is 0 Å². The fourth-order valence-electron chi connectivity index (χ4n) is 4.47. The molecule has 148 valence electrons. The number of anilines is 2. The number of hydrogen-bond acceptors (Lipinski definition) is 5. The second-order valence-electron chi connectivity index (χ2n) is 7.52. The average Bonchev–Trinajstić information content (AvgIpc) is 3.04. The summed E-state index contributed by atoms with van der Waals surface area (Å²) in [4.78, 5) is 21.6. The number of carbonyl (C=O) groups is 1. The monoisotopic (exact) mass is 380 g/mol. The second-order valence-corrected chi connectivity index (χ2v) is 7.52. The number of benzene rings is 1. The van der Waals surface area contributed by atoms with E-state index in [1.54, 1.807) is 12.3 Å². The van der Waals surface area contributed by atoms with Gasteiger partial charge in [-0.1, -0.05) is 24.3 Å². The fourth-order valence-corrected chi connectivity index (χ4v) is 4.47. The number of ether oxygens (including phenoxy) is 1. The van der Waals surface area contributed by atoms with E-state index in [4.69, 9.17) is 10.5 Å². The van der Waals surface area contributed by atoms with E-state index in [-0.39, 0.29) is 5.91 Å². The predicted octanol–water partition coefficient (Wildman–Crippen LogP) is 3.10. The van der Waals surface area contributed by atoms with Crippen molar-refractivity contribution in [2.24, 2.45) is 0 Å². The molecule has 4 rings (SSSR count). The zero-order valence-electron chi connectivity index (χ0n) is 16.6. The van der Waals surface area contributed by atoms with E-state index in [2.05, 4.69) is 16.0 Å². The molecule has 2 N–H and O–H groups in total. The zero-order chi connectivity index (χ0) is 19.7. The number of nitrogen functional groups attached to an aromatic ring is 1. The summed E-state index contributed by atoms with van der Waals surface area (Å²) in [5, 5.41) is 0. The molecule has 1 saturated heterocycles. The summed E-state index contributed by atoms with van der Waals surface area (Å²) in [6.07, 6.45) is 2.88.